The minimum atomic E-state index is -0.836. The molecule has 104 valence electrons. The van der Waals surface area contributed by atoms with Gasteiger partial charge in [0.1, 0.15) is 17.4 Å². The van der Waals surface area contributed by atoms with E-state index in [0.29, 0.717) is 4.47 Å². The number of carbonyl (C=O) groups excluding carboxylic acids is 1. The summed E-state index contributed by atoms with van der Waals surface area (Å²) >= 11 is 3.20. The first-order chi connectivity index (χ1) is 9.47. The summed E-state index contributed by atoms with van der Waals surface area (Å²) in [7, 11) is 0. The average Bonchev–Trinajstić information content (AvgIpc) is 2.39. The van der Waals surface area contributed by atoms with Crippen molar-refractivity contribution in [1.82, 2.24) is 5.32 Å². The maximum Gasteiger partial charge on any atom is 0.254 e. The number of amides is 1. The summed E-state index contributed by atoms with van der Waals surface area (Å²) in [6, 6.07) is 7.55. The van der Waals surface area contributed by atoms with Gasteiger partial charge >= 0.3 is 0 Å². The van der Waals surface area contributed by atoms with E-state index in [9.17, 15) is 13.6 Å². The summed E-state index contributed by atoms with van der Waals surface area (Å²) in [4.78, 5) is 11.8. The molecule has 2 aromatic rings. The second kappa shape index (κ2) is 6.00. The molecule has 2 N–H and O–H groups in total. The molecule has 0 bridgehead atoms. The second-order valence-corrected chi connectivity index (χ2v) is 5.00. The molecule has 0 aliphatic carbocycles. The zero-order valence-corrected chi connectivity index (χ0v) is 11.7. The van der Waals surface area contributed by atoms with Crippen LogP contribution in [0.4, 0.5) is 8.78 Å². The SMILES string of the molecule is O=C(NCc1cc(Br)ccc1F)c1ccc(O)cc1F. The Morgan fingerprint density at radius 1 is 1.15 bits per heavy atom. The number of carbonyl (C=O) groups is 1. The third-order valence-corrected chi connectivity index (χ3v) is 3.14. The van der Waals surface area contributed by atoms with Crippen molar-refractivity contribution in [2.75, 3.05) is 0 Å². The third-order valence-electron chi connectivity index (χ3n) is 2.64. The van der Waals surface area contributed by atoms with Gasteiger partial charge in [-0.2, -0.15) is 0 Å². The Labute approximate surface area is 122 Å². The van der Waals surface area contributed by atoms with E-state index in [0.717, 1.165) is 12.1 Å². The van der Waals surface area contributed by atoms with Gasteiger partial charge in [0.05, 0.1) is 5.56 Å². The van der Waals surface area contributed by atoms with Crippen LogP contribution in [0.3, 0.4) is 0 Å². The van der Waals surface area contributed by atoms with Gasteiger partial charge < -0.3 is 10.4 Å². The Kier molecular flexibility index (Phi) is 4.34. The molecule has 0 radical (unpaired) electrons. The fourth-order valence-electron chi connectivity index (χ4n) is 1.64. The van der Waals surface area contributed by atoms with Gasteiger partial charge in [-0.05, 0) is 30.3 Å². The Morgan fingerprint density at radius 3 is 2.60 bits per heavy atom. The van der Waals surface area contributed by atoms with Crippen LogP contribution in [0.15, 0.2) is 40.9 Å². The van der Waals surface area contributed by atoms with E-state index in [1.807, 2.05) is 0 Å². The van der Waals surface area contributed by atoms with Crippen LogP contribution in [0, 0.1) is 11.6 Å². The van der Waals surface area contributed by atoms with Crippen LogP contribution in [0.5, 0.6) is 5.75 Å². The smallest absolute Gasteiger partial charge is 0.254 e. The number of nitrogens with one attached hydrogen (secondary N) is 1. The van der Waals surface area contributed by atoms with Gasteiger partial charge in [-0.3, -0.25) is 4.79 Å². The van der Waals surface area contributed by atoms with Crippen LogP contribution in [-0.4, -0.2) is 11.0 Å². The molecule has 3 nitrogen and oxygen atoms in total. The summed E-state index contributed by atoms with van der Waals surface area (Å²) in [5.74, 6) is -2.24. The Morgan fingerprint density at radius 2 is 1.90 bits per heavy atom. The lowest BCUT2D eigenvalue weighted by Crippen LogP contribution is -2.24. The first kappa shape index (κ1) is 14.5. The molecule has 2 aromatic carbocycles. The average molecular weight is 342 g/mol. The maximum atomic E-state index is 13.5. The van der Waals surface area contributed by atoms with Gasteiger partial charge in [0.25, 0.3) is 5.91 Å². The summed E-state index contributed by atoms with van der Waals surface area (Å²) in [6.07, 6.45) is 0. The molecule has 0 atom stereocenters. The lowest BCUT2D eigenvalue weighted by atomic mass is 10.1. The van der Waals surface area contributed by atoms with Crippen LogP contribution in [0.1, 0.15) is 15.9 Å². The second-order valence-electron chi connectivity index (χ2n) is 4.08. The number of benzene rings is 2. The molecule has 0 fully saturated rings. The summed E-state index contributed by atoms with van der Waals surface area (Å²) < 4.78 is 27.6. The Hall–Kier alpha value is -1.95. The molecule has 6 heteroatoms. The standard InChI is InChI=1S/C14H10BrF2NO2/c15-9-1-4-12(16)8(5-9)7-18-14(20)11-3-2-10(19)6-13(11)17/h1-6,19H,7H2,(H,18,20). The largest absolute Gasteiger partial charge is 0.508 e. The van der Waals surface area contributed by atoms with Crippen molar-refractivity contribution in [3.05, 3.63) is 63.6 Å². The fourth-order valence-corrected chi connectivity index (χ4v) is 2.05. The Balaban J connectivity index is 2.10. The van der Waals surface area contributed by atoms with Gasteiger partial charge in [-0.1, -0.05) is 15.9 Å². The van der Waals surface area contributed by atoms with E-state index in [1.165, 1.54) is 18.2 Å². The quantitative estimate of drug-likeness (QED) is 0.899. The Bertz CT molecular complexity index is 662. The fraction of sp³-hybridized carbons (Fsp3) is 0.0714. The van der Waals surface area contributed by atoms with E-state index >= 15 is 0 Å². The summed E-state index contributed by atoms with van der Waals surface area (Å²) in [5, 5.41) is 11.5. The minimum Gasteiger partial charge on any atom is -0.508 e. The summed E-state index contributed by atoms with van der Waals surface area (Å²) in [5.41, 5.74) is 0.0742. The highest BCUT2D eigenvalue weighted by atomic mass is 79.9. The van der Waals surface area contributed by atoms with Crippen LogP contribution in [-0.2, 0) is 6.54 Å². The molecule has 0 saturated heterocycles. The van der Waals surface area contributed by atoms with E-state index in [-0.39, 0.29) is 23.4 Å². The molecule has 0 aromatic heterocycles. The van der Waals surface area contributed by atoms with Gasteiger partial charge in [0.2, 0.25) is 0 Å². The molecule has 1 amide bonds. The van der Waals surface area contributed by atoms with E-state index < -0.39 is 17.5 Å². The van der Waals surface area contributed by atoms with Crippen molar-refractivity contribution in [2.24, 2.45) is 0 Å². The predicted molar refractivity (Wildman–Crippen MR) is 73.3 cm³/mol. The van der Waals surface area contributed by atoms with E-state index in [2.05, 4.69) is 21.2 Å². The number of aromatic hydroxyl groups is 1. The van der Waals surface area contributed by atoms with Gasteiger partial charge in [-0.15, -0.1) is 0 Å². The van der Waals surface area contributed by atoms with Crippen molar-refractivity contribution in [3.8, 4) is 5.75 Å². The number of halogens is 3. The van der Waals surface area contributed by atoms with Crippen LogP contribution >= 0.6 is 15.9 Å². The molecule has 0 heterocycles. The molecule has 0 aliphatic rings. The molecule has 20 heavy (non-hydrogen) atoms. The van der Waals surface area contributed by atoms with Gasteiger partial charge in [0.15, 0.2) is 0 Å². The maximum absolute atomic E-state index is 13.5. The van der Waals surface area contributed by atoms with E-state index in [4.69, 9.17) is 5.11 Å². The van der Waals surface area contributed by atoms with Crippen LogP contribution < -0.4 is 5.32 Å². The lowest BCUT2D eigenvalue weighted by Gasteiger charge is -2.08. The van der Waals surface area contributed by atoms with Crippen molar-refractivity contribution >= 4 is 21.8 Å². The number of phenolic OH excluding ortho intramolecular Hbond substituents is 1. The lowest BCUT2D eigenvalue weighted by molar-refractivity contribution is 0.0946. The molecule has 0 unspecified atom stereocenters. The number of rotatable bonds is 3. The van der Waals surface area contributed by atoms with Crippen LogP contribution in [0.25, 0.3) is 0 Å². The third kappa shape index (κ3) is 3.33. The first-order valence-corrected chi connectivity index (χ1v) is 6.47. The highest BCUT2D eigenvalue weighted by Crippen LogP contribution is 2.17. The van der Waals surface area contributed by atoms with Crippen molar-refractivity contribution < 1.29 is 18.7 Å². The first-order valence-electron chi connectivity index (χ1n) is 5.68. The molecule has 0 aliphatic heterocycles. The zero-order chi connectivity index (χ0) is 14.7. The normalized spacial score (nSPS) is 10.3. The monoisotopic (exact) mass is 341 g/mol. The number of phenols is 1. The highest BCUT2D eigenvalue weighted by molar-refractivity contribution is 9.10. The van der Waals surface area contributed by atoms with Gasteiger partial charge in [-0.25, -0.2) is 8.78 Å². The zero-order valence-electron chi connectivity index (χ0n) is 10.2. The predicted octanol–water partition coefficient (Wildman–Crippen LogP) is 3.36. The minimum absolute atomic E-state index is 0.0651. The van der Waals surface area contributed by atoms with Gasteiger partial charge in [0, 0.05) is 22.6 Å². The summed E-state index contributed by atoms with van der Waals surface area (Å²) in [6.45, 7) is -0.0651. The van der Waals surface area contributed by atoms with Crippen molar-refractivity contribution in [3.63, 3.8) is 0 Å². The number of hydrogen-bond acceptors (Lipinski definition) is 2. The topological polar surface area (TPSA) is 49.3 Å². The molecule has 0 saturated carbocycles. The highest BCUT2D eigenvalue weighted by Gasteiger charge is 2.12. The van der Waals surface area contributed by atoms with Crippen molar-refractivity contribution in [1.29, 1.82) is 0 Å². The molecular weight excluding hydrogens is 332 g/mol. The van der Waals surface area contributed by atoms with Crippen LogP contribution in [0.2, 0.25) is 0 Å². The molecule has 0 spiro atoms. The van der Waals surface area contributed by atoms with Crippen molar-refractivity contribution in [2.45, 2.75) is 6.54 Å². The van der Waals surface area contributed by atoms with E-state index in [1.54, 1.807) is 6.07 Å². The molecule has 2 rings (SSSR count). The molecular formula is C14H10BrF2NO2. The number of hydrogen-bond donors (Lipinski definition) is 2.